The van der Waals surface area contributed by atoms with Crippen LogP contribution in [0.5, 0.6) is 5.75 Å². The quantitative estimate of drug-likeness (QED) is 0.794. The molecule has 0 N–H and O–H groups in total. The minimum absolute atomic E-state index is 0.112. The number of Topliss-reactive ketones (excluding diaryl/α,β-unsaturated/α-hetero) is 1. The summed E-state index contributed by atoms with van der Waals surface area (Å²) < 4.78 is 18.3. The molecule has 2 nitrogen and oxygen atoms in total. The smallest absolute Gasteiger partial charge is 0.178 e. The summed E-state index contributed by atoms with van der Waals surface area (Å²) in [6.07, 6.45) is 0.126. The average Bonchev–Trinajstić information content (AvgIpc) is 2.76. The maximum atomic E-state index is 13.5. The molecule has 1 heterocycles. The molecule has 0 atom stereocenters. The molecule has 0 aliphatic rings. The number of ether oxygens (including phenoxy) is 1. The second kappa shape index (κ2) is 5.50. The van der Waals surface area contributed by atoms with E-state index in [1.165, 1.54) is 30.6 Å². The van der Waals surface area contributed by atoms with Crippen molar-refractivity contribution in [2.75, 3.05) is 7.11 Å². The standard InChI is InChI=1S/C13H10ClFO2S/c1-17-12-3-2-8(6-10(12)15)7-11(16)13-9(14)4-5-18-13/h2-6H,7H2,1H3. The van der Waals surface area contributed by atoms with E-state index >= 15 is 0 Å². The van der Waals surface area contributed by atoms with Crippen molar-refractivity contribution in [3.05, 3.63) is 50.9 Å². The summed E-state index contributed by atoms with van der Waals surface area (Å²) in [6.45, 7) is 0. The van der Waals surface area contributed by atoms with Crippen molar-refractivity contribution in [1.29, 1.82) is 0 Å². The van der Waals surface area contributed by atoms with Gasteiger partial charge < -0.3 is 4.74 Å². The fourth-order valence-electron chi connectivity index (χ4n) is 1.58. The molecule has 0 aliphatic heterocycles. The van der Waals surface area contributed by atoms with Crippen molar-refractivity contribution in [1.82, 2.24) is 0 Å². The van der Waals surface area contributed by atoms with Crippen LogP contribution >= 0.6 is 22.9 Å². The van der Waals surface area contributed by atoms with Gasteiger partial charge in [-0.2, -0.15) is 0 Å². The lowest BCUT2D eigenvalue weighted by molar-refractivity contribution is 0.0997. The molecule has 0 spiro atoms. The molecule has 0 saturated heterocycles. The third-order valence-electron chi connectivity index (χ3n) is 2.45. The van der Waals surface area contributed by atoms with Gasteiger partial charge in [0, 0.05) is 6.42 Å². The van der Waals surface area contributed by atoms with Crippen LogP contribution in [0.3, 0.4) is 0 Å². The summed E-state index contributed by atoms with van der Waals surface area (Å²) in [6, 6.07) is 6.15. The molecule has 0 aliphatic carbocycles. The van der Waals surface area contributed by atoms with Gasteiger partial charge in [0.2, 0.25) is 0 Å². The number of rotatable bonds is 4. The Morgan fingerprint density at radius 3 is 2.78 bits per heavy atom. The lowest BCUT2D eigenvalue weighted by Crippen LogP contribution is -2.02. The first-order chi connectivity index (χ1) is 8.61. The number of hydrogen-bond acceptors (Lipinski definition) is 3. The third kappa shape index (κ3) is 2.71. The first-order valence-electron chi connectivity index (χ1n) is 5.20. The maximum absolute atomic E-state index is 13.5. The van der Waals surface area contributed by atoms with Crippen LogP contribution in [0.2, 0.25) is 5.02 Å². The number of thiophene rings is 1. The number of carbonyl (C=O) groups is 1. The van der Waals surface area contributed by atoms with Gasteiger partial charge in [-0.3, -0.25) is 4.79 Å². The van der Waals surface area contributed by atoms with Crippen LogP contribution in [-0.2, 0) is 6.42 Å². The van der Waals surface area contributed by atoms with E-state index in [0.29, 0.717) is 15.5 Å². The summed E-state index contributed by atoms with van der Waals surface area (Å²) in [4.78, 5) is 12.4. The molecular formula is C13H10ClFO2S. The van der Waals surface area contributed by atoms with Crippen LogP contribution in [0.1, 0.15) is 15.2 Å². The predicted octanol–water partition coefficient (Wildman–Crippen LogP) is 3.97. The molecule has 2 aromatic rings. The Bertz CT molecular complexity index is 580. The van der Waals surface area contributed by atoms with Gasteiger partial charge in [0.25, 0.3) is 0 Å². The van der Waals surface area contributed by atoms with E-state index in [0.717, 1.165) is 0 Å². The zero-order valence-corrected chi connectivity index (χ0v) is 11.1. The Kier molecular flexibility index (Phi) is 3.99. The summed E-state index contributed by atoms with van der Waals surface area (Å²) in [7, 11) is 1.40. The summed E-state index contributed by atoms with van der Waals surface area (Å²) in [5, 5.41) is 2.20. The summed E-state index contributed by atoms with van der Waals surface area (Å²) in [5.74, 6) is -0.417. The second-order valence-corrected chi connectivity index (χ2v) is 4.99. The van der Waals surface area contributed by atoms with Gasteiger partial charge in [0.15, 0.2) is 17.3 Å². The fourth-order valence-corrected chi connectivity index (χ4v) is 2.68. The van der Waals surface area contributed by atoms with E-state index in [9.17, 15) is 9.18 Å². The van der Waals surface area contributed by atoms with Crippen molar-refractivity contribution >= 4 is 28.7 Å². The van der Waals surface area contributed by atoms with Crippen molar-refractivity contribution in [3.8, 4) is 5.75 Å². The Morgan fingerprint density at radius 1 is 1.44 bits per heavy atom. The molecule has 0 amide bonds. The van der Waals surface area contributed by atoms with Crippen molar-refractivity contribution in [3.63, 3.8) is 0 Å². The highest BCUT2D eigenvalue weighted by atomic mass is 35.5. The number of hydrogen-bond donors (Lipinski definition) is 0. The number of halogens is 2. The highest BCUT2D eigenvalue weighted by molar-refractivity contribution is 7.12. The van der Waals surface area contributed by atoms with Crippen LogP contribution in [0.4, 0.5) is 4.39 Å². The van der Waals surface area contributed by atoms with Gasteiger partial charge in [0.05, 0.1) is 17.0 Å². The fraction of sp³-hybridized carbons (Fsp3) is 0.154. The molecular weight excluding hydrogens is 275 g/mol. The molecule has 0 saturated carbocycles. The van der Waals surface area contributed by atoms with Gasteiger partial charge in [-0.15, -0.1) is 11.3 Å². The zero-order chi connectivity index (χ0) is 13.1. The van der Waals surface area contributed by atoms with E-state index in [-0.39, 0.29) is 18.0 Å². The van der Waals surface area contributed by atoms with Crippen molar-refractivity contribution in [2.45, 2.75) is 6.42 Å². The van der Waals surface area contributed by atoms with Gasteiger partial charge in [-0.1, -0.05) is 17.7 Å². The highest BCUT2D eigenvalue weighted by Crippen LogP contribution is 2.24. The average molecular weight is 285 g/mol. The Hall–Kier alpha value is -1.39. The van der Waals surface area contributed by atoms with Crippen LogP contribution in [0.25, 0.3) is 0 Å². The van der Waals surface area contributed by atoms with E-state index in [1.54, 1.807) is 17.5 Å². The molecule has 0 radical (unpaired) electrons. The number of methoxy groups -OCH3 is 1. The summed E-state index contributed by atoms with van der Waals surface area (Å²) in [5.41, 5.74) is 0.600. The second-order valence-electron chi connectivity index (χ2n) is 3.67. The first kappa shape index (κ1) is 13.1. The Balaban J connectivity index is 2.17. The molecule has 1 aromatic carbocycles. The molecule has 0 unspecified atom stereocenters. The van der Waals surface area contributed by atoms with Gasteiger partial charge in [-0.25, -0.2) is 4.39 Å². The predicted molar refractivity (Wildman–Crippen MR) is 70.3 cm³/mol. The minimum Gasteiger partial charge on any atom is -0.494 e. The number of carbonyl (C=O) groups excluding carboxylic acids is 1. The Labute approximate surface area is 113 Å². The molecule has 5 heteroatoms. The Morgan fingerprint density at radius 2 is 2.22 bits per heavy atom. The molecule has 94 valence electrons. The largest absolute Gasteiger partial charge is 0.494 e. The summed E-state index contributed by atoms with van der Waals surface area (Å²) >= 11 is 7.16. The SMILES string of the molecule is COc1ccc(CC(=O)c2sccc2Cl)cc1F. The normalized spacial score (nSPS) is 10.4. The van der Waals surface area contributed by atoms with Crippen LogP contribution in [0.15, 0.2) is 29.6 Å². The van der Waals surface area contributed by atoms with E-state index in [4.69, 9.17) is 16.3 Å². The third-order valence-corrected chi connectivity index (χ3v) is 3.83. The number of benzene rings is 1. The van der Waals surface area contributed by atoms with E-state index < -0.39 is 5.82 Å². The number of ketones is 1. The monoisotopic (exact) mass is 284 g/mol. The van der Waals surface area contributed by atoms with Crippen LogP contribution < -0.4 is 4.74 Å². The molecule has 1 aromatic heterocycles. The van der Waals surface area contributed by atoms with Crippen LogP contribution in [-0.4, -0.2) is 12.9 Å². The van der Waals surface area contributed by atoms with Crippen LogP contribution in [0, 0.1) is 5.82 Å². The van der Waals surface area contributed by atoms with Crippen molar-refractivity contribution in [2.24, 2.45) is 0 Å². The first-order valence-corrected chi connectivity index (χ1v) is 6.46. The van der Waals surface area contributed by atoms with E-state index in [1.807, 2.05) is 0 Å². The van der Waals surface area contributed by atoms with Gasteiger partial charge in [-0.05, 0) is 29.1 Å². The zero-order valence-electron chi connectivity index (χ0n) is 9.57. The lowest BCUT2D eigenvalue weighted by Gasteiger charge is -2.04. The van der Waals surface area contributed by atoms with Gasteiger partial charge >= 0.3 is 0 Å². The maximum Gasteiger partial charge on any atom is 0.178 e. The molecule has 2 rings (SSSR count). The van der Waals surface area contributed by atoms with Gasteiger partial charge in [0.1, 0.15) is 0 Å². The van der Waals surface area contributed by atoms with Crippen molar-refractivity contribution < 1.29 is 13.9 Å². The molecule has 18 heavy (non-hydrogen) atoms. The molecule has 0 bridgehead atoms. The van der Waals surface area contributed by atoms with E-state index in [2.05, 4.69) is 0 Å². The lowest BCUT2D eigenvalue weighted by atomic mass is 10.1. The molecule has 0 fully saturated rings. The highest BCUT2D eigenvalue weighted by Gasteiger charge is 2.13. The minimum atomic E-state index is -0.472. The topological polar surface area (TPSA) is 26.3 Å².